The first-order chi connectivity index (χ1) is 17.9. The van der Waals surface area contributed by atoms with Crippen LogP contribution in [0.2, 0.25) is 0 Å². The number of benzene rings is 2. The maximum absolute atomic E-state index is 13.7. The molecule has 2 aromatic carbocycles. The first kappa shape index (κ1) is 23.8. The van der Waals surface area contributed by atoms with Gasteiger partial charge in [0.25, 0.3) is 11.5 Å². The van der Waals surface area contributed by atoms with Crippen molar-refractivity contribution in [3.05, 3.63) is 110 Å². The molecule has 2 aliphatic rings. The number of rotatable bonds is 5. The average molecular weight is 516 g/mol. The number of H-pyrrole nitrogens is 1. The summed E-state index contributed by atoms with van der Waals surface area (Å²) in [6.07, 6.45) is 1.77. The minimum absolute atomic E-state index is 0.101. The maximum Gasteiger partial charge on any atom is 0.256 e. The zero-order valence-electron chi connectivity index (χ0n) is 20.1. The minimum Gasteiger partial charge on any atom is -0.378 e. The number of aliphatic hydroxyl groups excluding tert-OH is 1. The van der Waals surface area contributed by atoms with Crippen LogP contribution in [0.25, 0.3) is 11.1 Å². The monoisotopic (exact) mass is 515 g/mol. The minimum atomic E-state index is -1.39. The van der Waals surface area contributed by atoms with E-state index in [4.69, 9.17) is 4.98 Å². The number of aryl methyl sites for hydroxylation is 1. The number of carbonyl (C=O) groups excluding carboxylic acids is 1. The van der Waals surface area contributed by atoms with Crippen molar-refractivity contribution in [2.24, 2.45) is 0 Å². The molecule has 1 aliphatic heterocycles. The Morgan fingerprint density at radius 3 is 2.62 bits per heavy atom. The molecule has 1 atom stereocenters. The van der Waals surface area contributed by atoms with Gasteiger partial charge in [0, 0.05) is 11.4 Å². The van der Waals surface area contributed by atoms with E-state index in [1.807, 2.05) is 17.5 Å². The summed E-state index contributed by atoms with van der Waals surface area (Å²) in [6.45, 7) is 0.518. The molecule has 2 aromatic heterocycles. The molecule has 0 radical (unpaired) electrons. The van der Waals surface area contributed by atoms with Gasteiger partial charge < -0.3 is 15.0 Å². The number of nitrogens with one attached hydrogen (secondary N) is 1. The lowest BCUT2D eigenvalue weighted by Gasteiger charge is -2.24. The summed E-state index contributed by atoms with van der Waals surface area (Å²) in [7, 11) is 0. The lowest BCUT2D eigenvalue weighted by atomic mass is 10.00. The molecule has 1 fully saturated rings. The van der Waals surface area contributed by atoms with Gasteiger partial charge in [0.2, 0.25) is 0 Å². The predicted octanol–water partition coefficient (Wildman–Crippen LogP) is 4.73. The predicted molar refractivity (Wildman–Crippen MR) is 140 cm³/mol. The number of carbonyl (C=O) groups is 1. The van der Waals surface area contributed by atoms with Crippen molar-refractivity contribution >= 4 is 17.2 Å². The summed E-state index contributed by atoms with van der Waals surface area (Å²) >= 11 is 1.68. The van der Waals surface area contributed by atoms with Crippen molar-refractivity contribution in [2.75, 3.05) is 6.54 Å². The second kappa shape index (κ2) is 9.36. The first-order valence-electron chi connectivity index (χ1n) is 12.4. The first-order valence-corrected chi connectivity index (χ1v) is 13.3. The van der Waals surface area contributed by atoms with Crippen LogP contribution in [-0.4, -0.2) is 32.4 Å². The highest BCUT2D eigenvalue weighted by Crippen LogP contribution is 2.53. The molecule has 4 aromatic rings. The zero-order chi connectivity index (χ0) is 25.6. The molecule has 1 aliphatic carbocycles. The molecule has 0 saturated heterocycles. The van der Waals surface area contributed by atoms with Crippen molar-refractivity contribution in [1.29, 1.82) is 0 Å². The van der Waals surface area contributed by atoms with Crippen molar-refractivity contribution in [3.63, 3.8) is 0 Å². The van der Waals surface area contributed by atoms with E-state index in [2.05, 4.69) is 11.1 Å². The number of aliphatic hydroxyl groups is 1. The van der Waals surface area contributed by atoms with E-state index in [0.717, 1.165) is 18.5 Å². The molecular weight excluding hydrogens is 489 g/mol. The van der Waals surface area contributed by atoms with Crippen molar-refractivity contribution in [1.82, 2.24) is 14.9 Å². The van der Waals surface area contributed by atoms with Gasteiger partial charge in [0.1, 0.15) is 11.6 Å². The summed E-state index contributed by atoms with van der Waals surface area (Å²) < 4.78 is 13.7. The Bertz CT molecular complexity index is 1530. The molecule has 3 heterocycles. The van der Waals surface area contributed by atoms with Crippen molar-refractivity contribution in [2.45, 2.75) is 43.7 Å². The third kappa shape index (κ3) is 4.40. The molecule has 1 amide bonds. The number of amides is 1. The number of halogens is 1. The van der Waals surface area contributed by atoms with Gasteiger partial charge in [-0.1, -0.05) is 36.4 Å². The molecule has 2 N–H and O–H groups in total. The van der Waals surface area contributed by atoms with Crippen LogP contribution in [0.3, 0.4) is 0 Å². The highest BCUT2D eigenvalue weighted by Gasteiger charge is 2.49. The lowest BCUT2D eigenvalue weighted by molar-refractivity contribution is -0.141. The summed E-state index contributed by atoms with van der Waals surface area (Å²) in [5, 5.41) is 13.0. The number of thiophene rings is 1. The summed E-state index contributed by atoms with van der Waals surface area (Å²) in [5.41, 5.74) is 2.59. The number of aromatic amines is 1. The number of fused-ring (bicyclic) bond motifs is 1. The van der Waals surface area contributed by atoms with Crippen LogP contribution >= 0.6 is 11.3 Å². The van der Waals surface area contributed by atoms with Crippen LogP contribution in [0.4, 0.5) is 4.39 Å². The Morgan fingerprint density at radius 2 is 1.89 bits per heavy atom. The van der Waals surface area contributed by atoms with Gasteiger partial charge in [0.15, 0.2) is 6.10 Å². The molecule has 8 heteroatoms. The largest absolute Gasteiger partial charge is 0.378 e. The number of hydrogen-bond acceptors (Lipinski definition) is 5. The summed E-state index contributed by atoms with van der Waals surface area (Å²) in [4.78, 5) is 37.2. The van der Waals surface area contributed by atoms with Gasteiger partial charge in [-0.15, -0.1) is 11.3 Å². The van der Waals surface area contributed by atoms with Gasteiger partial charge in [-0.05, 0) is 72.0 Å². The Morgan fingerprint density at radius 1 is 1.11 bits per heavy atom. The summed E-state index contributed by atoms with van der Waals surface area (Å²) in [5.74, 6) is -0.106. The quantitative estimate of drug-likeness (QED) is 0.403. The van der Waals surface area contributed by atoms with Crippen LogP contribution in [0.15, 0.2) is 70.8 Å². The molecule has 188 valence electrons. The fourth-order valence-corrected chi connectivity index (χ4v) is 6.17. The fraction of sp³-hybridized carbons (Fsp3) is 0.276. The lowest BCUT2D eigenvalue weighted by Crippen LogP contribution is -2.36. The SMILES string of the molecule is O=C([C@H](O)c1cccc(-c2cccc(F)c2)c1)N1CCCc2nc(C3(c4cccs4)CC3)[nH]c(=O)c2C1. The van der Waals surface area contributed by atoms with Crippen molar-refractivity contribution in [3.8, 4) is 11.1 Å². The van der Waals surface area contributed by atoms with Gasteiger partial charge in [-0.3, -0.25) is 9.59 Å². The van der Waals surface area contributed by atoms with E-state index in [-0.39, 0.29) is 23.3 Å². The average Bonchev–Trinajstić information content (AvgIpc) is 3.60. The third-order valence-corrected chi connectivity index (χ3v) is 8.47. The van der Waals surface area contributed by atoms with Crippen LogP contribution in [0, 0.1) is 5.82 Å². The Balaban J connectivity index is 1.25. The molecule has 6 nitrogen and oxygen atoms in total. The molecular formula is C29H26FN3O3S. The number of nitrogens with zero attached hydrogens (tertiary/aromatic N) is 2. The van der Waals surface area contributed by atoms with E-state index < -0.39 is 12.0 Å². The van der Waals surface area contributed by atoms with Crippen LogP contribution in [-0.2, 0) is 23.2 Å². The fourth-order valence-electron chi connectivity index (χ4n) is 5.18. The molecule has 0 unspecified atom stereocenters. The normalized spacial score (nSPS) is 17.1. The zero-order valence-corrected chi connectivity index (χ0v) is 20.9. The van der Waals surface area contributed by atoms with E-state index in [9.17, 15) is 19.1 Å². The maximum atomic E-state index is 13.7. The van der Waals surface area contributed by atoms with Crippen LogP contribution in [0.5, 0.6) is 0 Å². The highest BCUT2D eigenvalue weighted by molar-refractivity contribution is 7.10. The van der Waals surface area contributed by atoms with Gasteiger partial charge in [-0.2, -0.15) is 0 Å². The standard InChI is InChI=1S/C29H26FN3O3S/c30-21-8-2-6-19(16-21)18-5-1-7-20(15-18)25(34)27(36)33-13-3-9-23-22(17-33)26(35)32-28(31-23)29(11-12-29)24-10-4-14-37-24/h1-2,4-8,10,14-16,25,34H,3,9,11-13,17H2,(H,31,32,35)/t25-/m1/s1. The molecule has 37 heavy (non-hydrogen) atoms. The molecule has 1 saturated carbocycles. The Hall–Kier alpha value is -3.62. The summed E-state index contributed by atoms with van der Waals surface area (Å²) in [6, 6.07) is 17.2. The van der Waals surface area contributed by atoms with Gasteiger partial charge >= 0.3 is 0 Å². The molecule has 0 bridgehead atoms. The number of aromatic nitrogens is 2. The Labute approximate surface area is 217 Å². The second-order valence-corrected chi connectivity index (χ2v) is 10.7. The van der Waals surface area contributed by atoms with E-state index in [0.29, 0.717) is 47.5 Å². The van der Waals surface area contributed by atoms with Crippen LogP contribution < -0.4 is 5.56 Å². The highest BCUT2D eigenvalue weighted by atomic mass is 32.1. The second-order valence-electron chi connectivity index (χ2n) is 9.80. The van der Waals surface area contributed by atoms with Crippen LogP contribution in [0.1, 0.15) is 52.9 Å². The smallest absolute Gasteiger partial charge is 0.256 e. The van der Waals surface area contributed by atoms with E-state index in [1.54, 1.807) is 41.7 Å². The van der Waals surface area contributed by atoms with Gasteiger partial charge in [0.05, 0.1) is 23.2 Å². The molecule has 0 spiro atoms. The van der Waals surface area contributed by atoms with E-state index >= 15 is 0 Å². The van der Waals surface area contributed by atoms with Crippen molar-refractivity contribution < 1.29 is 14.3 Å². The van der Waals surface area contributed by atoms with Gasteiger partial charge in [-0.25, -0.2) is 9.37 Å². The van der Waals surface area contributed by atoms with E-state index in [1.165, 1.54) is 21.9 Å². The topological polar surface area (TPSA) is 86.3 Å². The molecule has 6 rings (SSSR count). The third-order valence-electron chi connectivity index (χ3n) is 7.39. The number of hydrogen-bond donors (Lipinski definition) is 2. The Kier molecular flexibility index (Phi) is 6.01.